The smallest absolute Gasteiger partial charge is 0.246 e. The molecule has 11 heteroatoms. The summed E-state index contributed by atoms with van der Waals surface area (Å²) in [6.07, 6.45) is 1.73. The molecular weight excluding hydrogens is 502 g/mol. The van der Waals surface area contributed by atoms with Crippen molar-refractivity contribution in [2.45, 2.75) is 25.5 Å². The van der Waals surface area contributed by atoms with Gasteiger partial charge in [0.05, 0.1) is 33.4 Å². The fourth-order valence-corrected chi connectivity index (χ4v) is 4.97. The molecule has 10 nitrogen and oxygen atoms in total. The lowest BCUT2D eigenvalue weighted by atomic mass is 9.74. The van der Waals surface area contributed by atoms with Crippen molar-refractivity contribution >= 4 is 23.2 Å². The lowest BCUT2D eigenvalue weighted by Crippen LogP contribution is -2.55. The molecule has 1 aromatic heterocycles. The SMILES string of the molecule is COc1ccccc1-c1noc(CNC2=CC(=O)[C@@]3(Oc4c(Cl)c(OC)cc(OC)c4C3=O)[C@H](C)C2)n1. The van der Waals surface area contributed by atoms with Gasteiger partial charge in [0, 0.05) is 23.8 Å². The number of carbonyl (C=O) groups is 2. The Bertz CT molecular complexity index is 1430. The van der Waals surface area contributed by atoms with Gasteiger partial charge in [0.25, 0.3) is 0 Å². The van der Waals surface area contributed by atoms with Crippen LogP contribution in [-0.4, -0.2) is 48.6 Å². The van der Waals surface area contributed by atoms with Gasteiger partial charge in [-0.05, 0) is 18.6 Å². The van der Waals surface area contributed by atoms with Crippen LogP contribution in [0.15, 0.2) is 46.6 Å². The van der Waals surface area contributed by atoms with E-state index in [9.17, 15) is 9.59 Å². The molecule has 0 radical (unpaired) electrons. The lowest BCUT2D eigenvalue weighted by Gasteiger charge is -2.35. The summed E-state index contributed by atoms with van der Waals surface area (Å²) in [5.41, 5.74) is -0.292. The molecule has 2 atom stereocenters. The molecule has 37 heavy (non-hydrogen) atoms. The third-order valence-electron chi connectivity index (χ3n) is 6.59. The van der Waals surface area contributed by atoms with Crippen molar-refractivity contribution in [1.82, 2.24) is 15.5 Å². The minimum Gasteiger partial charge on any atom is -0.496 e. The summed E-state index contributed by atoms with van der Waals surface area (Å²) in [4.78, 5) is 31.4. The number of halogens is 1. The van der Waals surface area contributed by atoms with Crippen molar-refractivity contribution in [3.05, 3.63) is 58.6 Å². The first kappa shape index (κ1) is 24.6. The number of carbonyl (C=O) groups excluding carboxylic acids is 2. The maximum atomic E-state index is 13.6. The van der Waals surface area contributed by atoms with Crippen molar-refractivity contribution in [2.24, 2.45) is 5.92 Å². The minimum atomic E-state index is -1.74. The van der Waals surface area contributed by atoms with Crippen LogP contribution in [0.4, 0.5) is 0 Å². The third-order valence-corrected chi connectivity index (χ3v) is 6.95. The second-order valence-electron chi connectivity index (χ2n) is 8.67. The molecule has 5 rings (SSSR count). The third kappa shape index (κ3) is 3.88. The number of ketones is 2. The maximum Gasteiger partial charge on any atom is 0.246 e. The molecule has 0 bridgehead atoms. The molecule has 2 heterocycles. The van der Waals surface area contributed by atoms with Gasteiger partial charge < -0.3 is 28.8 Å². The Balaban J connectivity index is 1.36. The Morgan fingerprint density at radius 3 is 2.54 bits per heavy atom. The molecule has 1 spiro atoms. The molecule has 2 aliphatic rings. The normalized spacial score (nSPS) is 20.4. The molecule has 3 aromatic rings. The second kappa shape index (κ2) is 9.44. The van der Waals surface area contributed by atoms with E-state index in [4.69, 9.17) is 35.1 Å². The average molecular weight is 526 g/mol. The van der Waals surface area contributed by atoms with E-state index in [1.165, 1.54) is 26.4 Å². The fraction of sp³-hybridized carbons (Fsp3) is 0.308. The zero-order valence-electron chi connectivity index (χ0n) is 20.6. The molecule has 1 aliphatic carbocycles. The highest BCUT2D eigenvalue weighted by Crippen LogP contribution is 2.52. The van der Waals surface area contributed by atoms with Crippen LogP contribution in [0, 0.1) is 5.92 Å². The number of para-hydroxylation sites is 1. The molecule has 0 saturated carbocycles. The van der Waals surface area contributed by atoms with Gasteiger partial charge in [-0.15, -0.1) is 0 Å². The number of methoxy groups -OCH3 is 3. The van der Waals surface area contributed by atoms with E-state index in [1.807, 2.05) is 24.3 Å². The van der Waals surface area contributed by atoms with E-state index in [-0.39, 0.29) is 34.4 Å². The number of fused-ring (bicyclic) bond motifs is 1. The van der Waals surface area contributed by atoms with Crippen molar-refractivity contribution in [3.8, 4) is 34.4 Å². The number of allylic oxidation sites excluding steroid dienone is 1. The molecule has 0 fully saturated rings. The number of nitrogens with zero attached hydrogens (tertiary/aromatic N) is 2. The van der Waals surface area contributed by atoms with Crippen molar-refractivity contribution in [1.29, 1.82) is 0 Å². The summed E-state index contributed by atoms with van der Waals surface area (Å²) in [6, 6.07) is 8.85. The van der Waals surface area contributed by atoms with Crippen LogP contribution < -0.4 is 24.3 Å². The Morgan fingerprint density at radius 1 is 1.11 bits per heavy atom. The molecule has 1 aliphatic heterocycles. The molecule has 0 saturated heterocycles. The molecule has 0 unspecified atom stereocenters. The van der Waals surface area contributed by atoms with E-state index in [0.717, 1.165) is 0 Å². The van der Waals surface area contributed by atoms with Crippen molar-refractivity contribution in [3.63, 3.8) is 0 Å². The molecule has 0 amide bonds. The highest BCUT2D eigenvalue weighted by molar-refractivity contribution is 6.36. The number of benzene rings is 2. The van der Waals surface area contributed by atoms with Gasteiger partial charge in [-0.3, -0.25) is 9.59 Å². The average Bonchev–Trinajstić information content (AvgIpc) is 3.50. The molecular formula is C26H24ClN3O7. The number of Topliss-reactive ketones (excluding diaryl/α,β-unsaturated/α-hetero) is 1. The van der Waals surface area contributed by atoms with E-state index in [0.29, 0.717) is 35.1 Å². The van der Waals surface area contributed by atoms with E-state index in [2.05, 4.69) is 15.5 Å². The monoisotopic (exact) mass is 525 g/mol. The first-order valence-electron chi connectivity index (χ1n) is 11.5. The number of hydrogen-bond donors (Lipinski definition) is 1. The van der Waals surface area contributed by atoms with Gasteiger partial charge in [-0.2, -0.15) is 4.98 Å². The van der Waals surface area contributed by atoms with Gasteiger partial charge in [0.2, 0.25) is 28.9 Å². The minimum absolute atomic E-state index is 0.0857. The summed E-state index contributed by atoms with van der Waals surface area (Å²) in [5.74, 6) is 0.442. The zero-order chi connectivity index (χ0) is 26.3. The summed E-state index contributed by atoms with van der Waals surface area (Å²) < 4.78 is 27.4. The largest absolute Gasteiger partial charge is 0.496 e. The van der Waals surface area contributed by atoms with E-state index >= 15 is 0 Å². The summed E-state index contributed by atoms with van der Waals surface area (Å²) >= 11 is 6.43. The Kier molecular flexibility index (Phi) is 6.28. The number of aromatic nitrogens is 2. The lowest BCUT2D eigenvalue weighted by molar-refractivity contribution is -0.129. The molecule has 2 aromatic carbocycles. The maximum absolute atomic E-state index is 13.6. The van der Waals surface area contributed by atoms with Crippen LogP contribution >= 0.6 is 11.6 Å². The van der Waals surface area contributed by atoms with Crippen LogP contribution in [0.3, 0.4) is 0 Å². The van der Waals surface area contributed by atoms with Gasteiger partial charge in [0.1, 0.15) is 27.8 Å². The number of nitrogens with one attached hydrogen (secondary N) is 1. The van der Waals surface area contributed by atoms with Gasteiger partial charge in [-0.25, -0.2) is 0 Å². The Labute approximate surface area is 217 Å². The summed E-state index contributed by atoms with van der Waals surface area (Å²) in [7, 11) is 4.43. The highest BCUT2D eigenvalue weighted by atomic mass is 35.5. The zero-order valence-corrected chi connectivity index (χ0v) is 21.3. The Morgan fingerprint density at radius 2 is 1.84 bits per heavy atom. The van der Waals surface area contributed by atoms with Crippen LogP contribution in [0.25, 0.3) is 11.4 Å². The van der Waals surface area contributed by atoms with Gasteiger partial charge in [-0.1, -0.05) is 35.8 Å². The first-order chi connectivity index (χ1) is 17.8. The van der Waals surface area contributed by atoms with E-state index in [1.54, 1.807) is 14.0 Å². The van der Waals surface area contributed by atoms with Crippen molar-refractivity contribution < 1.29 is 33.1 Å². The quantitative estimate of drug-likeness (QED) is 0.452. The Hall–Kier alpha value is -4.05. The number of hydrogen-bond acceptors (Lipinski definition) is 10. The van der Waals surface area contributed by atoms with Crippen LogP contribution in [0.1, 0.15) is 29.6 Å². The number of rotatable bonds is 7. The van der Waals surface area contributed by atoms with Gasteiger partial charge >= 0.3 is 0 Å². The van der Waals surface area contributed by atoms with Crippen LogP contribution in [0.2, 0.25) is 5.02 Å². The summed E-state index contributed by atoms with van der Waals surface area (Å²) in [5, 5.41) is 7.30. The van der Waals surface area contributed by atoms with Crippen LogP contribution in [0.5, 0.6) is 23.0 Å². The molecule has 192 valence electrons. The fourth-order valence-electron chi connectivity index (χ4n) is 4.71. The first-order valence-corrected chi connectivity index (χ1v) is 11.8. The highest BCUT2D eigenvalue weighted by Gasteiger charge is 2.60. The van der Waals surface area contributed by atoms with Crippen molar-refractivity contribution in [2.75, 3.05) is 21.3 Å². The standard InChI is InChI=1S/C26H24ClN3O7/c1-13-9-14(28-12-20-29-25(30-37-20)15-7-5-6-8-16(15)33-2)10-19(31)26(13)24(32)21-17(34-3)11-18(35-4)22(27)23(21)36-26/h5-8,10-11,13,28H,9,12H2,1-4H3/t13-,26+/m1/s1. The topological polar surface area (TPSA) is 122 Å². The molecule has 1 N–H and O–H groups in total. The van der Waals surface area contributed by atoms with E-state index < -0.39 is 23.1 Å². The van der Waals surface area contributed by atoms with Gasteiger partial charge in [0.15, 0.2) is 5.75 Å². The second-order valence-corrected chi connectivity index (χ2v) is 9.05. The summed E-state index contributed by atoms with van der Waals surface area (Å²) in [6.45, 7) is 1.97. The number of ether oxygens (including phenoxy) is 4. The predicted molar refractivity (Wildman–Crippen MR) is 132 cm³/mol. The predicted octanol–water partition coefficient (Wildman–Crippen LogP) is 4.01. The van der Waals surface area contributed by atoms with Crippen LogP contribution in [-0.2, 0) is 11.3 Å².